The summed E-state index contributed by atoms with van der Waals surface area (Å²) < 4.78 is 26.5. The summed E-state index contributed by atoms with van der Waals surface area (Å²) >= 11 is 0. The number of carboxylic acid groups (broad SMARTS) is 1. The van der Waals surface area contributed by atoms with Crippen LogP contribution < -0.4 is 0 Å². The molecule has 1 aromatic carbocycles. The van der Waals surface area contributed by atoms with Crippen LogP contribution >= 0.6 is 0 Å². The molecular weight excluding hydrogens is 368 g/mol. The number of benzene rings is 1. The number of amides is 1. The topological polar surface area (TPSA) is 95.0 Å². The van der Waals surface area contributed by atoms with Crippen molar-refractivity contribution in [3.05, 3.63) is 29.8 Å². The Morgan fingerprint density at radius 3 is 2.26 bits per heavy atom. The zero-order valence-corrected chi connectivity index (χ0v) is 16.7. The minimum absolute atomic E-state index is 0.184. The maximum absolute atomic E-state index is 12.5. The van der Waals surface area contributed by atoms with Crippen LogP contribution in [0.5, 0.6) is 0 Å². The molecule has 0 aliphatic carbocycles. The molecular formula is C19H28N2O5S. The van der Waals surface area contributed by atoms with Gasteiger partial charge in [-0.15, -0.1) is 0 Å². The van der Waals surface area contributed by atoms with E-state index in [1.165, 1.54) is 9.21 Å². The fourth-order valence-electron chi connectivity index (χ4n) is 3.17. The molecule has 1 amide bonds. The quantitative estimate of drug-likeness (QED) is 0.689. The number of aryl methyl sites for hydroxylation is 1. The largest absolute Gasteiger partial charge is 0.480 e. The van der Waals surface area contributed by atoms with Gasteiger partial charge in [-0.3, -0.25) is 9.59 Å². The Labute approximate surface area is 161 Å². The molecule has 1 N–H and O–H groups in total. The van der Waals surface area contributed by atoms with E-state index in [4.69, 9.17) is 5.11 Å². The van der Waals surface area contributed by atoms with Crippen LogP contribution in [0.1, 0.15) is 38.7 Å². The lowest BCUT2D eigenvalue weighted by Crippen LogP contribution is -2.38. The van der Waals surface area contributed by atoms with Crippen molar-refractivity contribution in [3.63, 3.8) is 0 Å². The van der Waals surface area contributed by atoms with Gasteiger partial charge < -0.3 is 10.0 Å². The number of aliphatic carboxylic acids is 1. The number of hydrogen-bond acceptors (Lipinski definition) is 4. The van der Waals surface area contributed by atoms with Gasteiger partial charge in [-0.25, -0.2) is 8.42 Å². The van der Waals surface area contributed by atoms with Gasteiger partial charge in [-0.1, -0.05) is 26.0 Å². The zero-order valence-electron chi connectivity index (χ0n) is 15.9. The van der Waals surface area contributed by atoms with E-state index in [0.717, 1.165) is 18.4 Å². The maximum atomic E-state index is 12.5. The van der Waals surface area contributed by atoms with Crippen molar-refractivity contribution in [2.45, 2.75) is 44.4 Å². The molecule has 0 aromatic heterocycles. The minimum atomic E-state index is -3.43. The number of rotatable bonds is 9. The highest BCUT2D eigenvalue weighted by Crippen LogP contribution is 2.21. The fraction of sp³-hybridized carbons (Fsp3) is 0.579. The first kappa shape index (κ1) is 21.4. The summed E-state index contributed by atoms with van der Waals surface area (Å²) in [5.74, 6) is -1.05. The molecule has 1 fully saturated rings. The summed E-state index contributed by atoms with van der Waals surface area (Å²) in [5, 5.41) is 8.97. The third kappa shape index (κ3) is 6.04. The van der Waals surface area contributed by atoms with Gasteiger partial charge in [-0.2, -0.15) is 4.31 Å². The summed E-state index contributed by atoms with van der Waals surface area (Å²) in [6, 6.07) is 6.60. The first-order valence-electron chi connectivity index (χ1n) is 9.29. The Hall–Kier alpha value is -1.93. The van der Waals surface area contributed by atoms with Gasteiger partial charge in [0.05, 0.1) is 4.90 Å². The van der Waals surface area contributed by atoms with Crippen LogP contribution in [0, 0.1) is 5.92 Å². The van der Waals surface area contributed by atoms with Crippen molar-refractivity contribution in [1.29, 1.82) is 0 Å². The van der Waals surface area contributed by atoms with Gasteiger partial charge in [0.2, 0.25) is 15.9 Å². The van der Waals surface area contributed by atoms with E-state index in [9.17, 15) is 18.0 Å². The standard InChI is InChI=1S/C19H28N2O5S/c1-15(2)13-20(14-19(23)24)18(22)10-7-16-5-8-17(9-6-16)27(25,26)21-11-3-4-12-21/h5-6,8-9,15H,3-4,7,10-14H2,1-2H3,(H,23,24). The number of nitrogens with zero attached hydrogens (tertiary/aromatic N) is 2. The maximum Gasteiger partial charge on any atom is 0.323 e. The molecule has 7 nitrogen and oxygen atoms in total. The second-order valence-electron chi connectivity index (χ2n) is 7.32. The highest BCUT2D eigenvalue weighted by molar-refractivity contribution is 7.89. The lowest BCUT2D eigenvalue weighted by molar-refractivity contribution is -0.144. The van der Waals surface area contributed by atoms with E-state index in [1.54, 1.807) is 24.3 Å². The van der Waals surface area contributed by atoms with Crippen molar-refractivity contribution < 1.29 is 23.1 Å². The normalized spacial score (nSPS) is 15.2. The molecule has 0 bridgehead atoms. The smallest absolute Gasteiger partial charge is 0.323 e. The molecule has 0 unspecified atom stereocenters. The highest BCUT2D eigenvalue weighted by Gasteiger charge is 2.27. The van der Waals surface area contributed by atoms with E-state index in [0.29, 0.717) is 26.1 Å². The minimum Gasteiger partial charge on any atom is -0.480 e. The average molecular weight is 397 g/mol. The molecule has 2 rings (SSSR count). The van der Waals surface area contributed by atoms with E-state index < -0.39 is 16.0 Å². The van der Waals surface area contributed by atoms with E-state index in [1.807, 2.05) is 13.8 Å². The molecule has 1 heterocycles. The molecule has 1 saturated heterocycles. The van der Waals surface area contributed by atoms with Crippen LogP contribution in [0.4, 0.5) is 0 Å². The number of carbonyl (C=O) groups excluding carboxylic acids is 1. The molecule has 1 aromatic rings. The predicted molar refractivity (Wildman–Crippen MR) is 102 cm³/mol. The third-order valence-corrected chi connectivity index (χ3v) is 6.43. The summed E-state index contributed by atoms with van der Waals surface area (Å²) in [6.45, 7) is 5.09. The number of carboxylic acids is 1. The van der Waals surface area contributed by atoms with Crippen molar-refractivity contribution >= 4 is 21.9 Å². The second kappa shape index (κ2) is 9.32. The number of carbonyl (C=O) groups is 2. The Kier molecular flexibility index (Phi) is 7.38. The van der Waals surface area contributed by atoms with Gasteiger partial charge in [0.25, 0.3) is 0 Å². The van der Waals surface area contributed by atoms with Crippen LogP contribution in [-0.4, -0.2) is 60.8 Å². The molecule has 1 aliphatic rings. The third-order valence-electron chi connectivity index (χ3n) is 4.52. The molecule has 8 heteroatoms. The van der Waals surface area contributed by atoms with Crippen LogP contribution in [0.2, 0.25) is 0 Å². The molecule has 0 saturated carbocycles. The monoisotopic (exact) mass is 396 g/mol. The Bertz CT molecular complexity index is 753. The first-order valence-corrected chi connectivity index (χ1v) is 10.7. The van der Waals surface area contributed by atoms with Gasteiger partial charge in [0.15, 0.2) is 0 Å². The van der Waals surface area contributed by atoms with Crippen LogP contribution in [0.15, 0.2) is 29.2 Å². The second-order valence-corrected chi connectivity index (χ2v) is 9.25. The Morgan fingerprint density at radius 2 is 1.74 bits per heavy atom. The van der Waals surface area contributed by atoms with E-state index >= 15 is 0 Å². The van der Waals surface area contributed by atoms with Crippen molar-refractivity contribution in [3.8, 4) is 0 Å². The highest BCUT2D eigenvalue weighted by atomic mass is 32.2. The lowest BCUT2D eigenvalue weighted by Gasteiger charge is -2.22. The fourth-order valence-corrected chi connectivity index (χ4v) is 4.69. The molecule has 1 aliphatic heterocycles. The Morgan fingerprint density at radius 1 is 1.15 bits per heavy atom. The molecule has 0 spiro atoms. The molecule has 0 radical (unpaired) electrons. The number of sulfonamides is 1. The van der Waals surface area contributed by atoms with Gasteiger partial charge in [0.1, 0.15) is 6.54 Å². The van der Waals surface area contributed by atoms with Crippen LogP contribution in [0.25, 0.3) is 0 Å². The van der Waals surface area contributed by atoms with Gasteiger partial charge in [-0.05, 0) is 42.9 Å². The molecule has 27 heavy (non-hydrogen) atoms. The zero-order chi connectivity index (χ0) is 20.0. The van der Waals surface area contributed by atoms with Crippen LogP contribution in [0.3, 0.4) is 0 Å². The molecule has 0 atom stereocenters. The lowest BCUT2D eigenvalue weighted by atomic mass is 10.1. The molecule has 150 valence electrons. The SMILES string of the molecule is CC(C)CN(CC(=O)O)C(=O)CCc1ccc(S(=O)(=O)N2CCCC2)cc1. The van der Waals surface area contributed by atoms with E-state index in [-0.39, 0.29) is 29.7 Å². The van der Waals surface area contributed by atoms with Crippen molar-refractivity contribution in [1.82, 2.24) is 9.21 Å². The summed E-state index contributed by atoms with van der Waals surface area (Å²) in [7, 11) is -3.43. The van der Waals surface area contributed by atoms with Crippen molar-refractivity contribution in [2.24, 2.45) is 5.92 Å². The summed E-state index contributed by atoms with van der Waals surface area (Å²) in [6.07, 6.45) is 2.42. The number of hydrogen-bond donors (Lipinski definition) is 1. The van der Waals surface area contributed by atoms with Gasteiger partial charge in [0, 0.05) is 26.1 Å². The van der Waals surface area contributed by atoms with E-state index in [2.05, 4.69) is 0 Å². The summed E-state index contributed by atoms with van der Waals surface area (Å²) in [4.78, 5) is 24.9. The predicted octanol–water partition coefficient (Wildman–Crippen LogP) is 1.97. The average Bonchev–Trinajstić information content (AvgIpc) is 3.14. The first-order chi connectivity index (χ1) is 12.7. The summed E-state index contributed by atoms with van der Waals surface area (Å²) in [5.41, 5.74) is 0.851. The van der Waals surface area contributed by atoms with Gasteiger partial charge >= 0.3 is 5.97 Å². The Balaban J connectivity index is 1.97. The van der Waals surface area contributed by atoms with Crippen LogP contribution in [-0.2, 0) is 26.0 Å². The van der Waals surface area contributed by atoms with Crippen molar-refractivity contribution in [2.75, 3.05) is 26.2 Å².